The van der Waals surface area contributed by atoms with Gasteiger partial charge >= 0.3 is 0 Å². The van der Waals surface area contributed by atoms with Crippen LogP contribution in [-0.2, 0) is 6.54 Å². The fraction of sp³-hybridized carbons (Fsp3) is 0.250. The van der Waals surface area contributed by atoms with Crippen LogP contribution < -0.4 is 10.2 Å². The topological polar surface area (TPSA) is 59.8 Å². The van der Waals surface area contributed by atoms with Crippen molar-refractivity contribution in [3.63, 3.8) is 0 Å². The number of carbonyl (C=O) groups excluding carboxylic acids is 1. The maximum absolute atomic E-state index is 12.3. The fourth-order valence-corrected chi connectivity index (χ4v) is 2.01. The summed E-state index contributed by atoms with van der Waals surface area (Å²) >= 11 is 0. The van der Waals surface area contributed by atoms with Crippen molar-refractivity contribution in [2.24, 2.45) is 0 Å². The second-order valence-corrected chi connectivity index (χ2v) is 4.78. The molecule has 21 heavy (non-hydrogen) atoms. The van der Waals surface area contributed by atoms with E-state index in [2.05, 4.69) is 0 Å². The van der Waals surface area contributed by atoms with Crippen molar-refractivity contribution in [1.82, 2.24) is 4.90 Å². The Morgan fingerprint density at radius 3 is 2.71 bits per heavy atom. The van der Waals surface area contributed by atoms with E-state index in [-0.39, 0.29) is 17.1 Å². The molecule has 2 rings (SSSR count). The van der Waals surface area contributed by atoms with Gasteiger partial charge in [-0.2, -0.15) is 0 Å². The molecule has 0 bridgehead atoms. The van der Waals surface area contributed by atoms with Crippen molar-refractivity contribution in [2.45, 2.75) is 13.5 Å². The maximum atomic E-state index is 12.3. The number of carbonyl (C=O) groups is 1. The lowest BCUT2D eigenvalue weighted by molar-refractivity contribution is 0.0749. The van der Waals surface area contributed by atoms with Crippen LogP contribution >= 0.6 is 0 Å². The van der Waals surface area contributed by atoms with E-state index < -0.39 is 0 Å². The molecule has 0 radical (unpaired) electrons. The van der Waals surface area contributed by atoms with Crippen LogP contribution in [0.3, 0.4) is 0 Å². The van der Waals surface area contributed by atoms with E-state index >= 15 is 0 Å². The molecule has 0 fully saturated rings. The zero-order valence-corrected chi connectivity index (χ0v) is 12.3. The quantitative estimate of drug-likeness (QED) is 0.865. The Morgan fingerprint density at radius 1 is 1.29 bits per heavy atom. The lowest BCUT2D eigenvalue weighted by Gasteiger charge is -2.17. The summed E-state index contributed by atoms with van der Waals surface area (Å²) in [6, 6.07) is 10.0. The highest BCUT2D eigenvalue weighted by Gasteiger charge is 2.16. The average molecular weight is 287 g/mol. The molecule has 0 aliphatic rings. The van der Waals surface area contributed by atoms with Gasteiger partial charge in [0.1, 0.15) is 11.5 Å². The van der Waals surface area contributed by atoms with Gasteiger partial charge in [0.05, 0.1) is 7.11 Å². The number of hydrogen-bond donors (Lipinski definition) is 0. The van der Waals surface area contributed by atoms with Crippen molar-refractivity contribution >= 4 is 5.91 Å². The molecule has 0 spiro atoms. The minimum Gasteiger partial charge on any atom is -0.497 e. The molecule has 0 atom stereocenters. The number of hydrogen-bond acceptors (Lipinski definition) is 4. The Morgan fingerprint density at radius 2 is 2.05 bits per heavy atom. The Kier molecular flexibility index (Phi) is 4.42. The van der Waals surface area contributed by atoms with Crippen molar-refractivity contribution in [3.8, 4) is 5.75 Å². The second kappa shape index (κ2) is 6.26. The van der Waals surface area contributed by atoms with Gasteiger partial charge in [0.2, 0.25) is 0 Å². The molecule has 0 saturated carbocycles. The summed E-state index contributed by atoms with van der Waals surface area (Å²) in [6.45, 7) is 2.04. The van der Waals surface area contributed by atoms with Gasteiger partial charge in [-0.15, -0.1) is 0 Å². The normalized spacial score (nSPS) is 10.2. The number of amides is 1. The van der Waals surface area contributed by atoms with Gasteiger partial charge in [0, 0.05) is 25.7 Å². The van der Waals surface area contributed by atoms with Gasteiger partial charge in [-0.1, -0.05) is 12.1 Å². The minimum atomic E-state index is -0.335. The zero-order valence-electron chi connectivity index (χ0n) is 12.3. The van der Waals surface area contributed by atoms with E-state index in [4.69, 9.17) is 9.15 Å². The van der Waals surface area contributed by atoms with Crippen LogP contribution in [0.2, 0.25) is 0 Å². The summed E-state index contributed by atoms with van der Waals surface area (Å²) < 4.78 is 10.5. The number of nitrogens with zero attached hydrogens (tertiary/aromatic N) is 1. The van der Waals surface area contributed by atoms with Crippen molar-refractivity contribution < 1.29 is 13.9 Å². The third kappa shape index (κ3) is 3.72. The van der Waals surface area contributed by atoms with Gasteiger partial charge in [0.25, 0.3) is 5.91 Å². The van der Waals surface area contributed by atoms with E-state index in [1.54, 1.807) is 21.1 Å². The average Bonchev–Trinajstić information content (AvgIpc) is 2.45. The molecular formula is C16H17NO4. The highest BCUT2D eigenvalue weighted by atomic mass is 16.5. The van der Waals surface area contributed by atoms with Crippen molar-refractivity contribution in [2.75, 3.05) is 14.2 Å². The smallest absolute Gasteiger partial charge is 0.289 e. The second-order valence-electron chi connectivity index (χ2n) is 4.78. The number of ether oxygens (including phenoxy) is 1. The van der Waals surface area contributed by atoms with Crippen LogP contribution in [0, 0.1) is 6.92 Å². The SMILES string of the molecule is COc1cccc(CN(C)C(=O)c2cc(=O)cc(C)o2)c1. The van der Waals surface area contributed by atoms with E-state index in [0.717, 1.165) is 11.3 Å². The monoisotopic (exact) mass is 287 g/mol. The van der Waals surface area contributed by atoms with Gasteiger partial charge in [-0.25, -0.2) is 0 Å². The molecule has 0 N–H and O–H groups in total. The maximum Gasteiger partial charge on any atom is 0.289 e. The third-order valence-electron chi connectivity index (χ3n) is 3.00. The molecular weight excluding hydrogens is 270 g/mol. The standard InChI is InChI=1S/C16H17NO4/c1-11-7-13(18)9-15(21-11)16(19)17(2)10-12-5-4-6-14(8-12)20-3/h4-9H,10H2,1-3H3. The van der Waals surface area contributed by atoms with Gasteiger partial charge in [-0.3, -0.25) is 9.59 Å². The van der Waals surface area contributed by atoms with Gasteiger partial charge < -0.3 is 14.1 Å². The number of aryl methyl sites for hydroxylation is 1. The molecule has 5 nitrogen and oxygen atoms in total. The van der Waals surface area contributed by atoms with E-state index in [1.165, 1.54) is 17.0 Å². The van der Waals surface area contributed by atoms with Crippen LogP contribution in [0.25, 0.3) is 0 Å². The van der Waals surface area contributed by atoms with Gasteiger partial charge in [0.15, 0.2) is 11.2 Å². The molecule has 0 saturated heterocycles. The molecule has 1 amide bonds. The van der Waals surface area contributed by atoms with Crippen LogP contribution in [0.15, 0.2) is 45.6 Å². The molecule has 1 aromatic heterocycles. The van der Waals surface area contributed by atoms with Crippen LogP contribution in [-0.4, -0.2) is 25.0 Å². The molecule has 0 aliphatic carbocycles. The predicted octanol–water partition coefficient (Wildman–Crippen LogP) is 2.23. The Balaban J connectivity index is 2.17. The van der Waals surface area contributed by atoms with Crippen LogP contribution in [0.1, 0.15) is 21.9 Å². The molecule has 110 valence electrons. The highest BCUT2D eigenvalue weighted by molar-refractivity contribution is 5.91. The van der Waals surface area contributed by atoms with Crippen LogP contribution in [0.5, 0.6) is 5.75 Å². The third-order valence-corrected chi connectivity index (χ3v) is 3.00. The number of benzene rings is 1. The highest BCUT2D eigenvalue weighted by Crippen LogP contribution is 2.15. The number of methoxy groups -OCH3 is 1. The molecule has 1 heterocycles. The molecule has 0 unspecified atom stereocenters. The first-order valence-electron chi connectivity index (χ1n) is 6.50. The van der Waals surface area contributed by atoms with E-state index in [1.807, 2.05) is 24.3 Å². The first kappa shape index (κ1) is 14.8. The Hall–Kier alpha value is -2.56. The molecule has 1 aromatic carbocycles. The lowest BCUT2D eigenvalue weighted by atomic mass is 10.2. The fourth-order valence-electron chi connectivity index (χ4n) is 2.01. The molecule has 0 aliphatic heterocycles. The first-order chi connectivity index (χ1) is 9.99. The molecule has 5 heteroatoms. The minimum absolute atomic E-state index is 0.0467. The van der Waals surface area contributed by atoms with Crippen molar-refractivity contribution in [1.29, 1.82) is 0 Å². The molecule has 2 aromatic rings. The zero-order chi connectivity index (χ0) is 15.4. The van der Waals surface area contributed by atoms with Gasteiger partial charge in [-0.05, 0) is 24.6 Å². The van der Waals surface area contributed by atoms with Crippen molar-refractivity contribution in [3.05, 3.63) is 63.7 Å². The summed E-state index contributed by atoms with van der Waals surface area (Å²) in [7, 11) is 3.25. The van der Waals surface area contributed by atoms with Crippen LogP contribution in [0.4, 0.5) is 0 Å². The summed E-state index contributed by atoms with van der Waals surface area (Å²) in [4.78, 5) is 25.2. The largest absolute Gasteiger partial charge is 0.497 e. The van der Waals surface area contributed by atoms with E-state index in [0.29, 0.717) is 12.3 Å². The summed E-state index contributed by atoms with van der Waals surface area (Å²) in [6.07, 6.45) is 0. The lowest BCUT2D eigenvalue weighted by Crippen LogP contribution is -2.27. The predicted molar refractivity (Wildman–Crippen MR) is 78.5 cm³/mol. The Bertz CT molecular complexity index is 705. The first-order valence-corrected chi connectivity index (χ1v) is 6.50. The Labute approximate surface area is 122 Å². The summed E-state index contributed by atoms with van der Waals surface area (Å²) in [5, 5.41) is 0. The number of rotatable bonds is 4. The summed E-state index contributed by atoms with van der Waals surface area (Å²) in [5.41, 5.74) is 0.692. The van der Waals surface area contributed by atoms with E-state index in [9.17, 15) is 9.59 Å². The summed E-state index contributed by atoms with van der Waals surface area (Å²) in [5.74, 6) is 0.861.